The molecule has 0 aliphatic heterocycles. The molecular formula is C15H20N4OS. The van der Waals surface area contributed by atoms with Crippen molar-refractivity contribution in [1.82, 2.24) is 15.3 Å². The smallest absolute Gasteiger partial charge is 0.254 e. The monoisotopic (exact) mass is 304 g/mol. The van der Waals surface area contributed by atoms with Gasteiger partial charge in [0, 0.05) is 36.8 Å². The van der Waals surface area contributed by atoms with Gasteiger partial charge in [-0.15, -0.1) is 11.3 Å². The zero-order valence-electron chi connectivity index (χ0n) is 12.3. The first-order chi connectivity index (χ1) is 10.2. The minimum absolute atomic E-state index is 0.101. The Balaban J connectivity index is 1.97. The maximum Gasteiger partial charge on any atom is 0.254 e. The van der Waals surface area contributed by atoms with Crippen LogP contribution >= 0.6 is 11.3 Å². The van der Waals surface area contributed by atoms with Crippen molar-refractivity contribution >= 4 is 22.9 Å². The van der Waals surface area contributed by atoms with E-state index >= 15 is 0 Å². The first-order valence-electron chi connectivity index (χ1n) is 7.06. The van der Waals surface area contributed by atoms with Gasteiger partial charge in [0.25, 0.3) is 5.91 Å². The highest BCUT2D eigenvalue weighted by atomic mass is 32.1. The first kappa shape index (κ1) is 15.4. The highest BCUT2D eigenvalue weighted by Crippen LogP contribution is 2.15. The van der Waals surface area contributed by atoms with Crippen molar-refractivity contribution < 1.29 is 4.79 Å². The van der Waals surface area contributed by atoms with Crippen molar-refractivity contribution in [2.24, 2.45) is 0 Å². The third kappa shape index (κ3) is 4.53. The van der Waals surface area contributed by atoms with Gasteiger partial charge < -0.3 is 10.6 Å². The number of nitrogens with zero attached hydrogens (tertiary/aromatic N) is 2. The summed E-state index contributed by atoms with van der Waals surface area (Å²) >= 11 is 1.56. The molecule has 0 fully saturated rings. The lowest BCUT2D eigenvalue weighted by Crippen LogP contribution is -2.27. The van der Waals surface area contributed by atoms with Crippen LogP contribution in [0.2, 0.25) is 0 Å². The number of pyridine rings is 1. The van der Waals surface area contributed by atoms with Gasteiger partial charge in [0.1, 0.15) is 0 Å². The van der Waals surface area contributed by atoms with E-state index in [1.807, 2.05) is 18.4 Å². The molecule has 0 atom stereocenters. The minimum Gasteiger partial charge on any atom is -0.384 e. The Labute approximate surface area is 128 Å². The summed E-state index contributed by atoms with van der Waals surface area (Å²) < 4.78 is 0. The van der Waals surface area contributed by atoms with Crippen LogP contribution in [0.4, 0.5) is 5.69 Å². The second-order valence-electron chi connectivity index (χ2n) is 4.78. The van der Waals surface area contributed by atoms with E-state index in [4.69, 9.17) is 0 Å². The van der Waals surface area contributed by atoms with Crippen molar-refractivity contribution in [1.29, 1.82) is 0 Å². The number of hydrogen-bond donors (Lipinski definition) is 2. The predicted molar refractivity (Wildman–Crippen MR) is 85.9 cm³/mol. The number of carbonyl (C=O) groups excluding carboxylic acids is 1. The number of aromatic nitrogens is 2. The molecule has 112 valence electrons. The predicted octanol–water partition coefficient (Wildman–Crippen LogP) is 2.64. The molecule has 2 heterocycles. The first-order valence-corrected chi connectivity index (χ1v) is 8.00. The van der Waals surface area contributed by atoms with Crippen LogP contribution in [0.25, 0.3) is 0 Å². The SMILES string of the molecule is CCCNc1cc(C)ncc1C(=O)NCCc1cscn1. The average Bonchev–Trinajstić information content (AvgIpc) is 2.98. The number of hydrogen-bond acceptors (Lipinski definition) is 5. The molecule has 0 unspecified atom stereocenters. The fourth-order valence-electron chi connectivity index (χ4n) is 1.91. The van der Waals surface area contributed by atoms with Gasteiger partial charge >= 0.3 is 0 Å². The Morgan fingerprint density at radius 1 is 1.33 bits per heavy atom. The Kier molecular flexibility index (Phi) is 5.68. The van der Waals surface area contributed by atoms with Crippen LogP contribution in [0.1, 0.15) is 35.1 Å². The van der Waals surface area contributed by atoms with Gasteiger partial charge in [-0.25, -0.2) is 4.98 Å². The fourth-order valence-corrected chi connectivity index (χ4v) is 2.50. The quantitative estimate of drug-likeness (QED) is 0.825. The lowest BCUT2D eigenvalue weighted by molar-refractivity contribution is 0.0954. The van der Waals surface area contributed by atoms with E-state index in [2.05, 4.69) is 27.5 Å². The van der Waals surface area contributed by atoms with Crippen molar-refractivity contribution in [2.75, 3.05) is 18.4 Å². The van der Waals surface area contributed by atoms with Crippen molar-refractivity contribution in [3.05, 3.63) is 40.1 Å². The van der Waals surface area contributed by atoms with Gasteiger partial charge in [-0.05, 0) is 19.4 Å². The molecule has 0 saturated heterocycles. The molecule has 2 aromatic rings. The largest absolute Gasteiger partial charge is 0.384 e. The molecule has 0 aliphatic rings. The molecule has 21 heavy (non-hydrogen) atoms. The third-order valence-electron chi connectivity index (χ3n) is 3.00. The van der Waals surface area contributed by atoms with Crippen molar-refractivity contribution in [3.63, 3.8) is 0 Å². The number of amides is 1. The Hall–Kier alpha value is -1.95. The number of rotatable bonds is 7. The van der Waals surface area contributed by atoms with Gasteiger partial charge in [-0.1, -0.05) is 6.92 Å². The summed E-state index contributed by atoms with van der Waals surface area (Å²) in [6, 6.07) is 1.91. The van der Waals surface area contributed by atoms with E-state index in [1.54, 1.807) is 23.0 Å². The summed E-state index contributed by atoms with van der Waals surface area (Å²) in [4.78, 5) is 20.7. The van der Waals surface area contributed by atoms with Crippen LogP contribution in [0, 0.1) is 6.92 Å². The lowest BCUT2D eigenvalue weighted by atomic mass is 10.2. The van der Waals surface area contributed by atoms with Crippen LogP contribution < -0.4 is 10.6 Å². The number of anilines is 1. The fraction of sp³-hybridized carbons (Fsp3) is 0.400. The Morgan fingerprint density at radius 3 is 2.90 bits per heavy atom. The molecule has 0 aliphatic carbocycles. The second-order valence-corrected chi connectivity index (χ2v) is 5.50. The van der Waals surface area contributed by atoms with Crippen molar-refractivity contribution in [3.8, 4) is 0 Å². The number of thiazole rings is 1. The van der Waals surface area contributed by atoms with E-state index < -0.39 is 0 Å². The van der Waals surface area contributed by atoms with Gasteiger partial charge in [-0.2, -0.15) is 0 Å². The maximum atomic E-state index is 12.3. The molecule has 2 aromatic heterocycles. The van der Waals surface area contributed by atoms with Gasteiger partial charge in [0.15, 0.2) is 0 Å². The van der Waals surface area contributed by atoms with Gasteiger partial charge in [0.05, 0.1) is 22.5 Å². The standard InChI is InChI=1S/C15H20N4OS/c1-3-5-16-14-7-11(2)18-8-13(14)15(20)17-6-4-12-9-21-10-19-12/h7-10H,3-6H2,1-2H3,(H,16,18)(H,17,20). The third-order valence-corrected chi connectivity index (χ3v) is 3.64. The summed E-state index contributed by atoms with van der Waals surface area (Å²) in [5.74, 6) is -0.101. The minimum atomic E-state index is -0.101. The summed E-state index contributed by atoms with van der Waals surface area (Å²) in [6.45, 7) is 5.42. The van der Waals surface area contributed by atoms with Gasteiger partial charge in [-0.3, -0.25) is 9.78 Å². The average molecular weight is 304 g/mol. The summed E-state index contributed by atoms with van der Waals surface area (Å²) in [5.41, 5.74) is 5.13. The molecule has 5 nitrogen and oxygen atoms in total. The van der Waals surface area contributed by atoms with Crippen LogP contribution in [0.3, 0.4) is 0 Å². The zero-order valence-corrected chi connectivity index (χ0v) is 13.2. The van der Waals surface area contributed by atoms with Gasteiger partial charge in [0.2, 0.25) is 0 Å². The summed E-state index contributed by atoms with van der Waals surface area (Å²) in [6.07, 6.45) is 3.38. The molecule has 0 spiro atoms. The maximum absolute atomic E-state index is 12.3. The van der Waals surface area contributed by atoms with Crippen LogP contribution in [-0.2, 0) is 6.42 Å². The molecule has 2 N–H and O–H groups in total. The number of aryl methyl sites for hydroxylation is 1. The van der Waals surface area contributed by atoms with E-state index in [0.717, 1.165) is 36.5 Å². The topological polar surface area (TPSA) is 66.9 Å². The zero-order chi connectivity index (χ0) is 15.1. The molecule has 0 aromatic carbocycles. The van der Waals surface area contributed by atoms with Crippen LogP contribution in [0.15, 0.2) is 23.2 Å². The molecule has 6 heteroatoms. The van der Waals surface area contributed by atoms with Crippen LogP contribution in [-0.4, -0.2) is 29.0 Å². The molecule has 1 amide bonds. The lowest BCUT2D eigenvalue weighted by Gasteiger charge is -2.12. The van der Waals surface area contributed by atoms with Crippen molar-refractivity contribution in [2.45, 2.75) is 26.7 Å². The van der Waals surface area contributed by atoms with E-state index in [9.17, 15) is 4.79 Å². The highest BCUT2D eigenvalue weighted by molar-refractivity contribution is 7.07. The van der Waals surface area contributed by atoms with E-state index in [1.165, 1.54) is 0 Å². The molecule has 2 rings (SSSR count). The molecule has 0 radical (unpaired) electrons. The second kappa shape index (κ2) is 7.73. The highest BCUT2D eigenvalue weighted by Gasteiger charge is 2.12. The van der Waals surface area contributed by atoms with E-state index in [0.29, 0.717) is 12.1 Å². The van der Waals surface area contributed by atoms with E-state index in [-0.39, 0.29) is 5.91 Å². The molecule has 0 saturated carbocycles. The van der Waals surface area contributed by atoms with Crippen LogP contribution in [0.5, 0.6) is 0 Å². The molecular weight excluding hydrogens is 284 g/mol. The normalized spacial score (nSPS) is 10.4. The summed E-state index contributed by atoms with van der Waals surface area (Å²) in [5, 5.41) is 8.19. The summed E-state index contributed by atoms with van der Waals surface area (Å²) in [7, 11) is 0. The Bertz CT molecular complexity index is 583. The Morgan fingerprint density at radius 2 is 2.19 bits per heavy atom. The number of nitrogens with one attached hydrogen (secondary N) is 2. The molecule has 0 bridgehead atoms. The number of carbonyl (C=O) groups is 1.